The fourth-order valence-electron chi connectivity index (χ4n) is 3.32. The molecular formula is C28H27ClN6O2. The van der Waals surface area contributed by atoms with Gasteiger partial charge in [-0.15, -0.1) is 5.10 Å². The molecule has 2 aromatic carbocycles. The van der Waals surface area contributed by atoms with E-state index in [1.54, 1.807) is 24.9 Å². The summed E-state index contributed by atoms with van der Waals surface area (Å²) in [5.74, 6) is 0.441. The molecule has 2 N–H and O–H groups in total. The zero-order valence-electron chi connectivity index (χ0n) is 20.7. The summed E-state index contributed by atoms with van der Waals surface area (Å²) in [7, 11) is 0. The van der Waals surface area contributed by atoms with Gasteiger partial charge >= 0.3 is 0 Å². The minimum atomic E-state index is 0.441. The molecular weight excluding hydrogens is 488 g/mol. The lowest BCUT2D eigenvalue weighted by Gasteiger charge is -2.14. The maximum absolute atomic E-state index is 10.6. The van der Waals surface area contributed by atoms with Crippen molar-refractivity contribution in [3.63, 3.8) is 0 Å². The molecule has 0 aliphatic carbocycles. The third-order valence-corrected chi connectivity index (χ3v) is 5.26. The van der Waals surface area contributed by atoms with Crippen LogP contribution in [0.25, 0.3) is 33.5 Å². The summed E-state index contributed by atoms with van der Waals surface area (Å²) < 4.78 is 4.75. The molecule has 0 fully saturated rings. The number of anilines is 1. The second-order valence-electron chi connectivity index (χ2n) is 7.36. The number of amides is 1. The molecule has 5 aromatic rings. The molecule has 0 saturated heterocycles. The molecule has 0 bridgehead atoms. The van der Waals surface area contributed by atoms with Crippen LogP contribution in [0.2, 0.25) is 5.02 Å². The van der Waals surface area contributed by atoms with Gasteiger partial charge in [-0.05, 0) is 42.3 Å². The lowest BCUT2D eigenvalue weighted by molar-refractivity contribution is -0.109. The third-order valence-electron chi connectivity index (χ3n) is 5.01. The zero-order chi connectivity index (χ0) is 26.5. The second-order valence-corrected chi connectivity index (χ2v) is 7.80. The Balaban J connectivity index is 0.000000228. The Morgan fingerprint density at radius 2 is 1.54 bits per heavy atom. The highest BCUT2D eigenvalue weighted by atomic mass is 35.5. The van der Waals surface area contributed by atoms with E-state index in [1.165, 1.54) is 5.56 Å². The Bertz CT molecular complexity index is 1360. The Hall–Kier alpha value is -4.56. The number of hydrogen-bond donors (Lipinski definition) is 2. The van der Waals surface area contributed by atoms with Gasteiger partial charge in [-0.25, -0.2) is 0 Å². The summed E-state index contributed by atoms with van der Waals surface area (Å²) in [6, 6.07) is 21.2. The van der Waals surface area contributed by atoms with E-state index in [0.29, 0.717) is 17.3 Å². The Morgan fingerprint density at radius 3 is 2.16 bits per heavy atom. The van der Waals surface area contributed by atoms with Crippen molar-refractivity contribution in [3.05, 3.63) is 102 Å². The van der Waals surface area contributed by atoms with Crippen molar-refractivity contribution in [2.24, 2.45) is 0 Å². The van der Waals surface area contributed by atoms with Crippen molar-refractivity contribution >= 4 is 23.8 Å². The smallest absolute Gasteiger partial charge is 0.225 e. The van der Waals surface area contributed by atoms with Gasteiger partial charge in [-0.3, -0.25) is 20.6 Å². The number of nitrogens with zero attached hydrogens (tertiary/aromatic N) is 4. The van der Waals surface area contributed by atoms with Crippen LogP contribution >= 0.6 is 11.6 Å². The molecule has 3 aromatic heterocycles. The van der Waals surface area contributed by atoms with Crippen LogP contribution in [-0.4, -0.2) is 26.7 Å². The quantitative estimate of drug-likeness (QED) is 0.194. The van der Waals surface area contributed by atoms with Crippen LogP contribution in [-0.2, 0) is 4.79 Å². The molecule has 188 valence electrons. The van der Waals surface area contributed by atoms with Crippen molar-refractivity contribution in [1.82, 2.24) is 25.8 Å². The number of pyridine rings is 1. The highest BCUT2D eigenvalue weighted by Gasteiger charge is 2.14. The van der Waals surface area contributed by atoms with Crippen LogP contribution in [0.5, 0.6) is 0 Å². The summed E-state index contributed by atoms with van der Waals surface area (Å²) in [6.45, 7) is 6.06. The van der Waals surface area contributed by atoms with Crippen molar-refractivity contribution < 1.29 is 9.32 Å². The first-order valence-corrected chi connectivity index (χ1v) is 12.0. The van der Waals surface area contributed by atoms with Gasteiger partial charge in [0.2, 0.25) is 6.41 Å². The van der Waals surface area contributed by atoms with E-state index < -0.39 is 0 Å². The number of halogens is 1. The average Bonchev–Trinajstić information content (AvgIpc) is 3.50. The van der Waals surface area contributed by atoms with E-state index >= 15 is 0 Å². The number of nitrogens with one attached hydrogen (secondary N) is 2. The minimum Gasteiger partial charge on any atom is -0.364 e. The summed E-state index contributed by atoms with van der Waals surface area (Å²) in [5.41, 5.74) is 11.9. The van der Waals surface area contributed by atoms with E-state index in [1.807, 2.05) is 68.4 Å². The van der Waals surface area contributed by atoms with Gasteiger partial charge in [0.25, 0.3) is 0 Å². The van der Waals surface area contributed by atoms with Gasteiger partial charge in [-0.2, -0.15) is 5.10 Å². The molecule has 0 unspecified atom stereocenters. The van der Waals surface area contributed by atoms with Gasteiger partial charge in [-0.1, -0.05) is 72.6 Å². The SMILES string of the molecule is CC.Cc1ccc(-c2ccon2)cc1.O=CNNc1nncc(-c2ccc(Cl)cc2)c1-c1ccncc1. The van der Waals surface area contributed by atoms with Crippen molar-refractivity contribution in [2.45, 2.75) is 20.8 Å². The molecule has 0 spiro atoms. The Labute approximate surface area is 220 Å². The first kappa shape index (κ1) is 27.0. The second kappa shape index (κ2) is 14.1. The van der Waals surface area contributed by atoms with E-state index in [0.717, 1.165) is 33.5 Å². The maximum atomic E-state index is 10.6. The van der Waals surface area contributed by atoms with Gasteiger partial charge in [0, 0.05) is 40.2 Å². The maximum Gasteiger partial charge on any atom is 0.225 e. The molecule has 9 heteroatoms. The molecule has 3 heterocycles. The number of hydrazine groups is 1. The van der Waals surface area contributed by atoms with Crippen molar-refractivity contribution in [2.75, 3.05) is 5.43 Å². The largest absolute Gasteiger partial charge is 0.364 e. The molecule has 0 atom stereocenters. The highest BCUT2D eigenvalue weighted by molar-refractivity contribution is 6.30. The zero-order valence-corrected chi connectivity index (χ0v) is 21.5. The van der Waals surface area contributed by atoms with Gasteiger partial charge in [0.15, 0.2) is 5.82 Å². The van der Waals surface area contributed by atoms with Crippen molar-refractivity contribution in [3.8, 4) is 33.5 Å². The van der Waals surface area contributed by atoms with E-state index in [-0.39, 0.29) is 0 Å². The first-order chi connectivity index (χ1) is 18.2. The van der Waals surface area contributed by atoms with Crippen LogP contribution in [0.15, 0.2) is 96.1 Å². The molecule has 0 saturated carbocycles. The van der Waals surface area contributed by atoms with E-state index in [2.05, 4.69) is 50.2 Å². The summed E-state index contributed by atoms with van der Waals surface area (Å²) in [4.78, 5) is 14.6. The predicted molar refractivity (Wildman–Crippen MR) is 147 cm³/mol. The first-order valence-electron chi connectivity index (χ1n) is 11.6. The third kappa shape index (κ3) is 7.46. The lowest BCUT2D eigenvalue weighted by atomic mass is 9.97. The molecule has 1 amide bonds. The number of aromatic nitrogens is 4. The van der Waals surface area contributed by atoms with Crippen LogP contribution in [0.3, 0.4) is 0 Å². The standard InChI is InChI=1S/C16H12ClN5O.C10H9NO.C2H6/c17-13-3-1-11(2-4-13)14-9-19-21-16(22-20-10-23)15(14)12-5-7-18-8-6-12;1-8-2-4-9(5-3-8)10-6-7-12-11-10;1-2/h1-10H,(H,20,23)(H,21,22);2-7H,1H3;1-2H3. The fourth-order valence-corrected chi connectivity index (χ4v) is 3.44. The van der Waals surface area contributed by atoms with E-state index in [9.17, 15) is 4.79 Å². The van der Waals surface area contributed by atoms with Crippen LogP contribution in [0.4, 0.5) is 5.82 Å². The lowest BCUT2D eigenvalue weighted by Crippen LogP contribution is -2.21. The molecule has 5 rings (SSSR count). The summed E-state index contributed by atoms with van der Waals surface area (Å²) in [6.07, 6.45) is 7.17. The van der Waals surface area contributed by atoms with E-state index in [4.69, 9.17) is 16.1 Å². The molecule has 0 aliphatic heterocycles. The summed E-state index contributed by atoms with van der Waals surface area (Å²) >= 11 is 5.96. The topological polar surface area (TPSA) is 106 Å². The fraction of sp³-hybridized carbons (Fsp3) is 0.107. The summed E-state index contributed by atoms with van der Waals surface area (Å²) in [5, 5.41) is 12.6. The monoisotopic (exact) mass is 514 g/mol. The van der Waals surface area contributed by atoms with Gasteiger partial charge < -0.3 is 4.52 Å². The number of benzene rings is 2. The van der Waals surface area contributed by atoms with Crippen LogP contribution in [0.1, 0.15) is 19.4 Å². The molecule has 0 radical (unpaired) electrons. The molecule has 0 aliphatic rings. The number of carbonyl (C=O) groups is 1. The number of aryl methyl sites for hydroxylation is 1. The Kier molecular flexibility index (Phi) is 10.3. The highest BCUT2D eigenvalue weighted by Crippen LogP contribution is 2.35. The van der Waals surface area contributed by atoms with Crippen LogP contribution < -0.4 is 10.9 Å². The number of rotatable bonds is 6. The average molecular weight is 515 g/mol. The van der Waals surface area contributed by atoms with Gasteiger partial charge in [0.05, 0.1) is 6.20 Å². The van der Waals surface area contributed by atoms with Crippen molar-refractivity contribution in [1.29, 1.82) is 0 Å². The van der Waals surface area contributed by atoms with Gasteiger partial charge in [0.1, 0.15) is 12.0 Å². The molecule has 37 heavy (non-hydrogen) atoms. The Morgan fingerprint density at radius 1 is 0.865 bits per heavy atom. The number of carbonyl (C=O) groups excluding carboxylic acids is 1. The van der Waals surface area contributed by atoms with Crippen LogP contribution in [0, 0.1) is 6.92 Å². The predicted octanol–water partition coefficient (Wildman–Crippen LogP) is 6.61. The normalized spacial score (nSPS) is 9.73. The number of hydrogen-bond acceptors (Lipinski definition) is 7. The minimum absolute atomic E-state index is 0.441. The molecule has 8 nitrogen and oxygen atoms in total.